The molecule has 1 saturated heterocycles. The summed E-state index contributed by atoms with van der Waals surface area (Å²) >= 11 is 0. The molecule has 0 saturated carbocycles. The molecule has 3 aliphatic rings. The number of fused-ring (bicyclic) bond motifs is 6. The number of carboxylic acids is 1. The summed E-state index contributed by atoms with van der Waals surface area (Å²) in [5, 5.41) is 33.9. The summed E-state index contributed by atoms with van der Waals surface area (Å²) in [6, 6.07) is 26.9. The fourth-order valence-corrected chi connectivity index (χ4v) is 7.32. The monoisotopic (exact) mass is 669 g/mol. The summed E-state index contributed by atoms with van der Waals surface area (Å²) < 4.78 is 12.1. The zero-order valence-corrected chi connectivity index (χ0v) is 26.0. The van der Waals surface area contributed by atoms with Crippen molar-refractivity contribution in [3.8, 4) is 23.0 Å². The lowest BCUT2D eigenvalue weighted by Gasteiger charge is -2.36. The summed E-state index contributed by atoms with van der Waals surface area (Å²) in [4.78, 5) is 55.7. The lowest BCUT2D eigenvalue weighted by molar-refractivity contribution is -0.130. The topological polar surface area (TPSA) is 189 Å². The third-order valence-electron chi connectivity index (χ3n) is 9.49. The van der Waals surface area contributed by atoms with Crippen molar-refractivity contribution in [2.45, 2.75) is 17.2 Å². The van der Waals surface area contributed by atoms with E-state index >= 15 is 0 Å². The molecular weight excluding hydrogens is 642 g/mol. The van der Waals surface area contributed by atoms with E-state index in [2.05, 4.69) is 5.32 Å². The van der Waals surface area contributed by atoms with Gasteiger partial charge in [-0.2, -0.15) is 0 Å². The van der Waals surface area contributed by atoms with Crippen LogP contribution < -0.4 is 15.8 Å². The highest BCUT2D eigenvalue weighted by Gasteiger charge is 2.56. The molecule has 3 amide bonds. The second kappa shape index (κ2) is 10.9. The van der Waals surface area contributed by atoms with Gasteiger partial charge in [-0.3, -0.25) is 9.69 Å². The van der Waals surface area contributed by atoms with Crippen LogP contribution in [0.4, 0.5) is 4.79 Å². The number of carbonyl (C=O) groups excluding carboxylic acids is 3. The Kier molecular flexibility index (Phi) is 6.71. The maximum absolute atomic E-state index is 14.3. The Hall–Kier alpha value is -6.66. The molecule has 3 aliphatic heterocycles. The molecule has 0 aliphatic carbocycles. The maximum Gasteiger partial charge on any atom is 0.341 e. The third kappa shape index (κ3) is 4.21. The van der Waals surface area contributed by atoms with Gasteiger partial charge in [-0.05, 0) is 41.0 Å². The smallest absolute Gasteiger partial charge is 0.341 e. The molecule has 12 heteroatoms. The lowest BCUT2D eigenvalue weighted by Crippen LogP contribution is -2.45. The molecule has 50 heavy (non-hydrogen) atoms. The van der Waals surface area contributed by atoms with Crippen molar-refractivity contribution in [3.63, 3.8) is 0 Å². The normalized spacial score (nSPS) is 16.9. The second-order valence-electron chi connectivity index (χ2n) is 12.2. The van der Waals surface area contributed by atoms with Crippen LogP contribution in [0, 0.1) is 0 Å². The quantitative estimate of drug-likeness (QED) is 0.123. The number of hydrogen-bond acceptors (Lipinski definition) is 9. The number of carboxylic acid groups (broad SMARTS) is 1. The summed E-state index contributed by atoms with van der Waals surface area (Å²) in [5.41, 5.74) is 4.47. The first-order chi connectivity index (χ1) is 24.1. The van der Waals surface area contributed by atoms with Crippen molar-refractivity contribution in [3.05, 3.63) is 154 Å². The van der Waals surface area contributed by atoms with Crippen LogP contribution in [0.25, 0.3) is 0 Å². The van der Waals surface area contributed by atoms with E-state index in [-0.39, 0.29) is 39.7 Å². The minimum absolute atomic E-state index is 0.00769. The van der Waals surface area contributed by atoms with E-state index in [0.29, 0.717) is 22.3 Å². The number of aromatic carboxylic acids is 1. The highest BCUT2D eigenvalue weighted by molar-refractivity contribution is 6.10. The van der Waals surface area contributed by atoms with Gasteiger partial charge in [0.05, 0.1) is 11.1 Å². The van der Waals surface area contributed by atoms with Crippen LogP contribution in [0.5, 0.6) is 23.0 Å². The highest BCUT2D eigenvalue weighted by atomic mass is 16.6. The molecule has 0 aromatic heterocycles. The average molecular weight is 670 g/mol. The van der Waals surface area contributed by atoms with Crippen molar-refractivity contribution in [1.82, 2.24) is 10.2 Å². The number of nitrogens with two attached hydrogens (primary N) is 1. The van der Waals surface area contributed by atoms with Crippen LogP contribution in [0.3, 0.4) is 0 Å². The fourth-order valence-electron chi connectivity index (χ4n) is 7.32. The van der Waals surface area contributed by atoms with E-state index < -0.39 is 53.2 Å². The minimum Gasteiger partial charge on any atom is -0.508 e. The van der Waals surface area contributed by atoms with Crippen molar-refractivity contribution < 1.29 is 44.0 Å². The number of nitrogens with one attached hydrogen (secondary N) is 1. The molecule has 1 unspecified atom stereocenters. The number of imide groups is 1. The van der Waals surface area contributed by atoms with Gasteiger partial charge in [-0.15, -0.1) is 0 Å². The molecule has 0 radical (unpaired) electrons. The molecule has 0 bridgehead atoms. The Balaban J connectivity index is 1.23. The first-order valence-electron chi connectivity index (χ1n) is 15.6. The molecule has 8 rings (SSSR count). The molecular formula is C38H27N3O9. The van der Waals surface area contributed by atoms with Gasteiger partial charge in [0, 0.05) is 41.4 Å². The maximum atomic E-state index is 14.3. The van der Waals surface area contributed by atoms with Crippen LogP contribution in [0.1, 0.15) is 60.1 Å². The largest absolute Gasteiger partial charge is 0.508 e. The number of amides is 3. The summed E-state index contributed by atoms with van der Waals surface area (Å²) in [6.45, 7) is -0.413. The minimum atomic E-state index is -1.71. The third-order valence-corrected chi connectivity index (χ3v) is 9.49. The van der Waals surface area contributed by atoms with E-state index in [0.717, 1.165) is 4.90 Å². The summed E-state index contributed by atoms with van der Waals surface area (Å²) in [5.74, 6) is -3.07. The molecule has 12 nitrogen and oxygen atoms in total. The van der Waals surface area contributed by atoms with Crippen molar-refractivity contribution in [2.75, 3.05) is 6.54 Å². The molecule has 5 aromatic rings. The first-order valence-corrected chi connectivity index (χ1v) is 15.6. The number of hydrogen-bond donors (Lipinski definition) is 5. The van der Waals surface area contributed by atoms with Crippen molar-refractivity contribution >= 4 is 23.9 Å². The van der Waals surface area contributed by atoms with Crippen LogP contribution in [-0.2, 0) is 20.7 Å². The van der Waals surface area contributed by atoms with Crippen LogP contribution in [0.15, 0.2) is 109 Å². The lowest BCUT2D eigenvalue weighted by atomic mass is 9.76. The number of phenolic OH excluding ortho intramolecular Hbond substituents is 2. The van der Waals surface area contributed by atoms with Crippen LogP contribution >= 0.6 is 0 Å². The number of benzene rings is 5. The summed E-state index contributed by atoms with van der Waals surface area (Å²) in [6.07, 6.45) is 0. The molecule has 1 fully saturated rings. The molecule has 1 spiro atoms. The number of rotatable bonds is 6. The van der Waals surface area contributed by atoms with Gasteiger partial charge in [-0.25, -0.2) is 14.4 Å². The highest BCUT2D eigenvalue weighted by Crippen LogP contribution is 2.57. The van der Waals surface area contributed by atoms with Crippen LogP contribution in [-0.4, -0.2) is 50.6 Å². The van der Waals surface area contributed by atoms with Crippen LogP contribution in [0.2, 0.25) is 0 Å². The number of aromatic hydroxyl groups is 2. The predicted molar refractivity (Wildman–Crippen MR) is 176 cm³/mol. The number of nitrogens with zero attached hydrogens (tertiary/aromatic N) is 1. The molecule has 248 valence electrons. The molecule has 1 atom stereocenters. The fraction of sp³-hybridized carbons (Fsp3) is 0.105. The number of esters is 1. The Labute approximate surface area is 283 Å². The van der Waals surface area contributed by atoms with Crippen molar-refractivity contribution in [1.29, 1.82) is 0 Å². The van der Waals surface area contributed by atoms with Crippen molar-refractivity contribution in [2.24, 2.45) is 5.73 Å². The van der Waals surface area contributed by atoms with E-state index in [1.54, 1.807) is 60.7 Å². The summed E-state index contributed by atoms with van der Waals surface area (Å²) in [7, 11) is 0. The Morgan fingerprint density at radius 2 is 1.32 bits per heavy atom. The van der Waals surface area contributed by atoms with E-state index in [1.807, 2.05) is 0 Å². The van der Waals surface area contributed by atoms with Gasteiger partial charge in [-0.1, -0.05) is 72.8 Å². The number of carbonyl (C=O) groups is 4. The van der Waals surface area contributed by atoms with Gasteiger partial charge >= 0.3 is 18.0 Å². The Bertz CT molecular complexity index is 2180. The number of ether oxygens (including phenoxy) is 2. The zero-order chi connectivity index (χ0) is 34.9. The van der Waals surface area contributed by atoms with Gasteiger partial charge in [0.2, 0.25) is 0 Å². The SMILES string of the molecule is NC(CN1C(=O)NC(c2ccccc2)(c2ccccc2)C1=O)c1ccc2c(c1C(=O)O)C(=O)OC21c2ccc(O)cc2Oc2cc(O)ccc21. The second-order valence-corrected chi connectivity index (χ2v) is 12.2. The molecule has 6 N–H and O–H groups in total. The first kappa shape index (κ1) is 30.7. The zero-order valence-electron chi connectivity index (χ0n) is 26.0. The number of phenols is 2. The van der Waals surface area contributed by atoms with Gasteiger partial charge in [0.15, 0.2) is 11.1 Å². The van der Waals surface area contributed by atoms with E-state index in [9.17, 15) is 34.5 Å². The Morgan fingerprint density at radius 1 is 0.780 bits per heavy atom. The predicted octanol–water partition coefficient (Wildman–Crippen LogP) is 4.86. The van der Waals surface area contributed by atoms with Gasteiger partial charge in [0.25, 0.3) is 5.91 Å². The standard InChI is InChI=1S/C38H27N3O9/c39-28(19-41-35(47)37(40-36(41)48,20-7-3-1-4-8-20)21-9-5-2-6-10-21)24-13-16-27-32(31(24)33(44)45)34(46)50-38(27)25-14-11-22(42)17-29(25)49-30-18-23(43)12-15-26(30)38/h1-18,28,42-43H,19,39H2,(H,40,48)(H,44,45). The molecule has 3 heterocycles. The van der Waals surface area contributed by atoms with Gasteiger partial charge in [0.1, 0.15) is 23.0 Å². The van der Waals surface area contributed by atoms with E-state index in [1.165, 1.54) is 48.5 Å². The van der Waals surface area contributed by atoms with Gasteiger partial charge < -0.3 is 35.8 Å². The molecule has 5 aromatic carbocycles. The number of urea groups is 1. The average Bonchev–Trinajstić information content (AvgIpc) is 3.54. The van der Waals surface area contributed by atoms with E-state index in [4.69, 9.17) is 15.2 Å². The Morgan fingerprint density at radius 3 is 1.86 bits per heavy atom.